The van der Waals surface area contributed by atoms with Gasteiger partial charge in [-0.3, -0.25) is 4.39 Å². The molecule has 0 unspecified atom stereocenters. The molecule has 0 aliphatic rings. The molecule has 0 saturated carbocycles. The summed E-state index contributed by atoms with van der Waals surface area (Å²) in [4.78, 5) is 0. The van der Waals surface area contributed by atoms with Gasteiger partial charge in [0.1, 0.15) is 0 Å². The van der Waals surface area contributed by atoms with E-state index in [1.54, 1.807) is 0 Å². The first-order chi connectivity index (χ1) is 3.65. The van der Waals surface area contributed by atoms with Crippen molar-refractivity contribution in [2.45, 2.75) is 27.2 Å². The van der Waals surface area contributed by atoms with E-state index in [1.807, 2.05) is 0 Å². The van der Waals surface area contributed by atoms with Crippen LogP contribution in [0.3, 0.4) is 0 Å². The zero-order valence-electron chi connectivity index (χ0n) is 6.58. The summed E-state index contributed by atoms with van der Waals surface area (Å²) in [5.41, 5.74) is 0. The summed E-state index contributed by atoms with van der Waals surface area (Å²) >= 11 is 0. The fourth-order valence-electron chi connectivity index (χ4n) is 0. The molecular weight excluding hydrogens is 192 g/mol. The number of alkyl halides is 1. The monoisotopic (exact) mass is 207 g/mol. The molecule has 0 atom stereocenters. The third kappa shape index (κ3) is 108. The Kier molecular flexibility index (Phi) is 29.5. The Labute approximate surface area is 83.5 Å². The van der Waals surface area contributed by atoms with Gasteiger partial charge in [-0.05, 0) is 0 Å². The van der Waals surface area contributed by atoms with Gasteiger partial charge in [-0.2, -0.15) is 27.2 Å². The van der Waals surface area contributed by atoms with Crippen LogP contribution in [0.2, 0.25) is 0 Å². The van der Waals surface area contributed by atoms with Gasteiger partial charge in [-0.15, -0.1) is 0 Å². The topological polar surface area (TPSA) is 0 Å². The van der Waals surface area contributed by atoms with Crippen molar-refractivity contribution in [1.29, 1.82) is 0 Å². The van der Waals surface area contributed by atoms with Crippen molar-refractivity contribution < 1.29 is 37.1 Å². The normalized spacial score (nSPS) is 7.33. The van der Waals surface area contributed by atoms with Crippen LogP contribution in [0.25, 0.3) is 0 Å². The van der Waals surface area contributed by atoms with Gasteiger partial charge in [0.25, 0.3) is 0 Å². The summed E-state index contributed by atoms with van der Waals surface area (Å²) < 4.78 is 10.7. The quantitative estimate of drug-likeness (QED) is 0.580. The Bertz CT molecular complexity index is 25.3. The molecule has 0 aromatic heterocycles. The first kappa shape index (κ1) is 16.6. The van der Waals surface area contributed by atoms with Gasteiger partial charge < -0.3 is 12.8 Å². The van der Waals surface area contributed by atoms with Crippen molar-refractivity contribution in [3.8, 4) is 0 Å². The molecule has 0 fully saturated rings. The summed E-state index contributed by atoms with van der Waals surface area (Å²) in [7, 11) is 0. The van der Waals surface area contributed by atoms with Crippen LogP contribution in [0.4, 0.5) is 4.39 Å². The van der Waals surface area contributed by atoms with E-state index in [2.05, 4.69) is 27.7 Å². The van der Waals surface area contributed by atoms with Crippen molar-refractivity contribution in [3.05, 3.63) is 12.8 Å². The largest absolute Gasteiger partial charge is 0.341 e. The summed E-state index contributed by atoms with van der Waals surface area (Å²) in [5, 5.41) is 0. The number of hydrogen-bond donors (Lipinski definition) is 0. The molecule has 0 saturated heterocycles. The Balaban J connectivity index is -0.0000000720. The summed E-state index contributed by atoms with van der Waals surface area (Å²) in [6.45, 7) is 9.19. The summed E-state index contributed by atoms with van der Waals surface area (Å²) in [5.74, 6) is 1.42. The second kappa shape index (κ2) is 16.0. The van der Waals surface area contributed by atoms with Crippen molar-refractivity contribution in [1.82, 2.24) is 0 Å². The Morgan fingerprint density at radius 2 is 1.44 bits per heavy atom. The molecule has 0 aliphatic carbocycles. The van der Waals surface area contributed by atoms with Gasteiger partial charge in [0.2, 0.25) is 0 Å². The van der Waals surface area contributed by atoms with Crippen LogP contribution >= 0.6 is 0 Å². The fourth-order valence-corrected chi connectivity index (χ4v) is 0. The number of hydrogen-bond acceptors (Lipinski definition) is 0. The molecular formula is C7H15FY-2. The average Bonchev–Trinajstić information content (AvgIpc) is 1.65. The minimum absolute atomic E-state index is 0. The fraction of sp³-hybridized carbons (Fsp3) is 0.714. The van der Waals surface area contributed by atoms with Crippen LogP contribution in [-0.2, 0) is 32.7 Å². The molecule has 9 heavy (non-hydrogen) atoms. The standard InChI is InChI=1S/C4H9.C3H6F.Y/c1-4(2)3;1-2-3-4;/h1-3H3;1-3H2;/q2*-1;. The van der Waals surface area contributed by atoms with Gasteiger partial charge in [0.05, 0.1) is 6.67 Å². The predicted octanol–water partition coefficient (Wildman–Crippen LogP) is 2.80. The van der Waals surface area contributed by atoms with E-state index >= 15 is 0 Å². The second-order valence-corrected chi connectivity index (χ2v) is 2.04. The van der Waals surface area contributed by atoms with Crippen molar-refractivity contribution in [2.75, 3.05) is 6.67 Å². The second-order valence-electron chi connectivity index (χ2n) is 2.04. The van der Waals surface area contributed by atoms with E-state index in [-0.39, 0.29) is 39.4 Å². The maximum Gasteiger partial charge on any atom is 0.0624 e. The molecule has 0 bridgehead atoms. The predicted molar refractivity (Wildman–Crippen MR) is 36.2 cm³/mol. The molecule has 0 nitrogen and oxygen atoms in total. The van der Waals surface area contributed by atoms with E-state index in [4.69, 9.17) is 0 Å². The minimum Gasteiger partial charge on any atom is -0.341 e. The first-order valence-corrected chi connectivity index (χ1v) is 2.77. The molecule has 2 heteroatoms. The van der Waals surface area contributed by atoms with E-state index < -0.39 is 0 Å². The molecule has 55 valence electrons. The summed E-state index contributed by atoms with van der Waals surface area (Å²) in [6, 6.07) is 0. The van der Waals surface area contributed by atoms with Gasteiger partial charge in [-0.1, -0.05) is 0 Å². The first-order valence-electron chi connectivity index (χ1n) is 2.77. The van der Waals surface area contributed by atoms with Gasteiger partial charge in [0.15, 0.2) is 0 Å². The Morgan fingerprint density at radius 1 is 1.33 bits per heavy atom. The zero-order chi connectivity index (χ0) is 6.99. The van der Waals surface area contributed by atoms with Gasteiger partial charge >= 0.3 is 0 Å². The third-order valence-corrected chi connectivity index (χ3v) is 0.134. The SMILES string of the molecule is C[C-](C)C.[CH2-]CCF.[Y]. The van der Waals surface area contributed by atoms with Gasteiger partial charge in [0, 0.05) is 32.7 Å². The van der Waals surface area contributed by atoms with Crippen molar-refractivity contribution in [3.63, 3.8) is 0 Å². The zero-order valence-corrected chi connectivity index (χ0v) is 9.41. The molecule has 0 aromatic rings. The van der Waals surface area contributed by atoms with Crippen LogP contribution in [0.5, 0.6) is 0 Å². The van der Waals surface area contributed by atoms with Crippen LogP contribution in [0.1, 0.15) is 27.2 Å². The molecule has 0 spiro atoms. The van der Waals surface area contributed by atoms with Crippen LogP contribution in [0.15, 0.2) is 0 Å². The van der Waals surface area contributed by atoms with E-state index in [0.29, 0.717) is 6.42 Å². The Morgan fingerprint density at radius 3 is 1.44 bits per heavy atom. The van der Waals surface area contributed by atoms with Crippen LogP contribution in [0, 0.1) is 12.8 Å². The molecule has 0 aromatic carbocycles. The third-order valence-electron chi connectivity index (χ3n) is 0.134. The minimum atomic E-state index is -0.292. The van der Waals surface area contributed by atoms with Gasteiger partial charge in [-0.25, -0.2) is 0 Å². The Hall–Kier alpha value is 1.03. The molecule has 0 heterocycles. The number of rotatable bonds is 1. The van der Waals surface area contributed by atoms with Crippen LogP contribution in [-0.4, -0.2) is 6.67 Å². The maximum atomic E-state index is 10.7. The van der Waals surface area contributed by atoms with E-state index in [0.717, 1.165) is 0 Å². The molecule has 0 N–H and O–H groups in total. The van der Waals surface area contributed by atoms with E-state index in [1.165, 1.54) is 5.92 Å². The van der Waals surface area contributed by atoms with E-state index in [9.17, 15) is 4.39 Å². The van der Waals surface area contributed by atoms with Crippen molar-refractivity contribution >= 4 is 0 Å². The molecule has 0 rings (SSSR count). The smallest absolute Gasteiger partial charge is 0.0624 e. The molecule has 1 radical (unpaired) electrons. The maximum absolute atomic E-state index is 10.7. The van der Waals surface area contributed by atoms with Crippen molar-refractivity contribution in [2.24, 2.45) is 0 Å². The number of halogens is 1. The molecule has 0 amide bonds. The summed E-state index contributed by atoms with van der Waals surface area (Å²) in [6.07, 6.45) is 0.403. The molecule has 0 aliphatic heterocycles. The van der Waals surface area contributed by atoms with Crippen LogP contribution < -0.4 is 0 Å². The average molecular weight is 207 g/mol.